The van der Waals surface area contributed by atoms with Crippen molar-refractivity contribution < 1.29 is 28.8 Å². The quantitative estimate of drug-likeness (QED) is 0.362. The average Bonchev–Trinajstić information content (AvgIpc) is 2.53. The summed E-state index contributed by atoms with van der Waals surface area (Å²) < 4.78 is 9.20. The van der Waals surface area contributed by atoms with E-state index in [4.69, 9.17) is 4.74 Å². The van der Waals surface area contributed by atoms with E-state index in [1.54, 1.807) is 6.92 Å². The van der Waals surface area contributed by atoms with E-state index >= 15 is 0 Å². The molecule has 0 heterocycles. The van der Waals surface area contributed by atoms with Crippen molar-refractivity contribution >= 4 is 23.5 Å². The lowest BCUT2D eigenvalue weighted by molar-refractivity contribution is -0.384. The van der Waals surface area contributed by atoms with Crippen LogP contribution in [-0.4, -0.2) is 36.5 Å². The van der Waals surface area contributed by atoms with Gasteiger partial charge >= 0.3 is 11.9 Å². The van der Waals surface area contributed by atoms with Gasteiger partial charge in [-0.1, -0.05) is 0 Å². The zero-order chi connectivity index (χ0) is 18.3. The number of hydrogen-bond acceptors (Lipinski definition) is 7. The molecule has 0 aliphatic rings. The predicted octanol–water partition coefficient (Wildman–Crippen LogP) is 1.58. The SMILES string of the molecule is CCOC(=O)C=C(C)NC(=O)c1cc(C(=O)OC)cc([N+](=O)[O-])c1. The lowest BCUT2D eigenvalue weighted by atomic mass is 10.1. The van der Waals surface area contributed by atoms with Crippen LogP contribution in [-0.2, 0) is 14.3 Å². The molecule has 0 aliphatic heterocycles. The molecule has 1 N–H and O–H groups in total. The van der Waals surface area contributed by atoms with Gasteiger partial charge in [-0.2, -0.15) is 0 Å². The number of methoxy groups -OCH3 is 1. The Hall–Kier alpha value is -3.23. The molecule has 9 heteroatoms. The van der Waals surface area contributed by atoms with Crippen LogP contribution in [0.15, 0.2) is 30.0 Å². The average molecular weight is 336 g/mol. The standard InChI is InChI=1S/C15H16N2O7/c1-4-24-13(18)5-9(2)16-14(19)10-6-11(15(20)23-3)8-12(7-10)17(21)22/h5-8H,4H2,1-3H3,(H,16,19). The Bertz CT molecular complexity index is 710. The van der Waals surface area contributed by atoms with Gasteiger partial charge in [0.25, 0.3) is 11.6 Å². The van der Waals surface area contributed by atoms with Gasteiger partial charge in [0.15, 0.2) is 0 Å². The number of carbonyl (C=O) groups is 3. The van der Waals surface area contributed by atoms with Gasteiger partial charge in [0.2, 0.25) is 0 Å². The number of non-ortho nitro benzene ring substituents is 1. The van der Waals surface area contributed by atoms with Crippen LogP contribution in [0, 0.1) is 10.1 Å². The molecule has 128 valence electrons. The summed E-state index contributed by atoms with van der Waals surface area (Å²) in [7, 11) is 1.12. The lowest BCUT2D eigenvalue weighted by Gasteiger charge is -2.07. The molecule has 0 spiro atoms. The second-order valence-corrected chi connectivity index (χ2v) is 4.55. The van der Waals surface area contributed by atoms with Crippen molar-refractivity contribution in [3.8, 4) is 0 Å². The van der Waals surface area contributed by atoms with Crippen molar-refractivity contribution in [3.63, 3.8) is 0 Å². The summed E-state index contributed by atoms with van der Waals surface area (Å²) >= 11 is 0. The smallest absolute Gasteiger partial charge is 0.338 e. The zero-order valence-corrected chi connectivity index (χ0v) is 13.3. The predicted molar refractivity (Wildman–Crippen MR) is 82.3 cm³/mol. The summed E-state index contributed by atoms with van der Waals surface area (Å²) in [6, 6.07) is 3.18. The van der Waals surface area contributed by atoms with Gasteiger partial charge in [-0.05, 0) is 19.9 Å². The summed E-state index contributed by atoms with van der Waals surface area (Å²) in [5, 5.41) is 13.3. The minimum absolute atomic E-state index is 0.124. The molecule has 0 atom stereocenters. The number of nitrogens with zero attached hydrogens (tertiary/aromatic N) is 1. The molecular weight excluding hydrogens is 320 g/mol. The maximum atomic E-state index is 12.2. The molecule has 9 nitrogen and oxygen atoms in total. The first-order chi connectivity index (χ1) is 11.3. The number of nitro groups is 1. The molecule has 0 radical (unpaired) electrons. The Morgan fingerprint density at radius 1 is 1.25 bits per heavy atom. The van der Waals surface area contributed by atoms with Gasteiger partial charge in [-0.15, -0.1) is 0 Å². The van der Waals surface area contributed by atoms with Gasteiger partial charge in [0.1, 0.15) is 0 Å². The molecule has 24 heavy (non-hydrogen) atoms. The number of nitro benzene ring substituents is 1. The third-order valence-corrected chi connectivity index (χ3v) is 2.74. The number of esters is 2. The first-order valence-electron chi connectivity index (χ1n) is 6.82. The van der Waals surface area contributed by atoms with Gasteiger partial charge in [0, 0.05) is 29.5 Å². The van der Waals surface area contributed by atoms with Gasteiger partial charge < -0.3 is 14.8 Å². The van der Waals surface area contributed by atoms with Crippen LogP contribution in [0.25, 0.3) is 0 Å². The maximum Gasteiger partial charge on any atom is 0.338 e. The number of allylic oxidation sites excluding steroid dienone is 1. The highest BCUT2D eigenvalue weighted by Crippen LogP contribution is 2.18. The summed E-state index contributed by atoms with van der Waals surface area (Å²) in [6.07, 6.45) is 1.07. The fourth-order valence-corrected chi connectivity index (χ4v) is 1.73. The van der Waals surface area contributed by atoms with Crippen LogP contribution in [0.5, 0.6) is 0 Å². The number of benzene rings is 1. The van der Waals surface area contributed by atoms with E-state index < -0.39 is 28.5 Å². The van der Waals surface area contributed by atoms with Crippen molar-refractivity contribution in [2.45, 2.75) is 13.8 Å². The number of nitrogens with one attached hydrogen (secondary N) is 1. The molecular formula is C15H16N2O7. The van der Waals surface area contributed by atoms with Gasteiger partial charge in [-0.25, -0.2) is 9.59 Å². The third kappa shape index (κ3) is 5.20. The molecule has 1 rings (SSSR count). The van der Waals surface area contributed by atoms with E-state index in [2.05, 4.69) is 10.1 Å². The minimum atomic E-state index is -0.813. The normalized spacial score (nSPS) is 10.7. The van der Waals surface area contributed by atoms with E-state index in [9.17, 15) is 24.5 Å². The Balaban J connectivity index is 3.09. The lowest BCUT2D eigenvalue weighted by Crippen LogP contribution is -2.23. The van der Waals surface area contributed by atoms with Crippen molar-refractivity contribution in [2.24, 2.45) is 0 Å². The number of ether oxygens (including phenoxy) is 2. The van der Waals surface area contributed by atoms with Crippen LogP contribution in [0.2, 0.25) is 0 Å². The van der Waals surface area contributed by atoms with Gasteiger partial charge in [-0.3, -0.25) is 14.9 Å². The Morgan fingerprint density at radius 2 is 1.88 bits per heavy atom. The van der Waals surface area contributed by atoms with E-state index in [1.807, 2.05) is 0 Å². The van der Waals surface area contributed by atoms with Crippen LogP contribution >= 0.6 is 0 Å². The second kappa shape index (κ2) is 8.42. The molecule has 1 aromatic carbocycles. The second-order valence-electron chi connectivity index (χ2n) is 4.55. The number of hydrogen-bond donors (Lipinski definition) is 1. The molecule has 0 aromatic heterocycles. The first kappa shape index (κ1) is 18.8. The Morgan fingerprint density at radius 3 is 2.42 bits per heavy atom. The number of carbonyl (C=O) groups excluding carboxylic acids is 3. The van der Waals surface area contributed by atoms with E-state index in [0.29, 0.717) is 0 Å². The van der Waals surface area contributed by atoms with Crippen LogP contribution in [0.1, 0.15) is 34.6 Å². The molecule has 0 aliphatic carbocycles. The van der Waals surface area contributed by atoms with Crippen LogP contribution in [0.3, 0.4) is 0 Å². The van der Waals surface area contributed by atoms with Crippen molar-refractivity contribution in [1.82, 2.24) is 5.32 Å². The molecule has 1 aromatic rings. The Labute approximate surface area is 137 Å². The van der Waals surface area contributed by atoms with Crippen LogP contribution < -0.4 is 5.32 Å². The fourth-order valence-electron chi connectivity index (χ4n) is 1.73. The molecule has 0 saturated heterocycles. The highest BCUT2D eigenvalue weighted by Gasteiger charge is 2.18. The summed E-state index contributed by atoms with van der Waals surface area (Å²) in [6.45, 7) is 3.27. The highest BCUT2D eigenvalue weighted by molar-refractivity contribution is 6.00. The Kier molecular flexibility index (Phi) is 6.60. The molecule has 0 fully saturated rings. The van der Waals surface area contributed by atoms with Crippen molar-refractivity contribution in [2.75, 3.05) is 13.7 Å². The topological polar surface area (TPSA) is 125 Å². The first-order valence-corrected chi connectivity index (χ1v) is 6.82. The van der Waals surface area contributed by atoms with E-state index in [-0.39, 0.29) is 23.4 Å². The summed E-state index contributed by atoms with van der Waals surface area (Å²) in [4.78, 5) is 45.2. The third-order valence-electron chi connectivity index (χ3n) is 2.74. The number of amides is 1. The largest absolute Gasteiger partial charge is 0.465 e. The molecule has 1 amide bonds. The number of rotatable bonds is 6. The van der Waals surface area contributed by atoms with E-state index in [0.717, 1.165) is 31.4 Å². The van der Waals surface area contributed by atoms with E-state index in [1.165, 1.54) is 6.92 Å². The highest BCUT2D eigenvalue weighted by atomic mass is 16.6. The molecule has 0 bridgehead atoms. The van der Waals surface area contributed by atoms with Crippen molar-refractivity contribution in [3.05, 3.63) is 51.2 Å². The van der Waals surface area contributed by atoms with Gasteiger partial charge in [0.05, 0.1) is 24.2 Å². The van der Waals surface area contributed by atoms with Crippen molar-refractivity contribution in [1.29, 1.82) is 0 Å². The maximum absolute atomic E-state index is 12.2. The monoisotopic (exact) mass is 336 g/mol. The summed E-state index contributed by atoms with van der Waals surface area (Å²) in [5.74, 6) is -2.17. The zero-order valence-electron chi connectivity index (χ0n) is 13.3. The minimum Gasteiger partial charge on any atom is -0.465 e. The molecule has 0 unspecified atom stereocenters. The van der Waals surface area contributed by atoms with Crippen LogP contribution in [0.4, 0.5) is 5.69 Å². The fraction of sp³-hybridized carbons (Fsp3) is 0.267. The summed E-state index contributed by atoms with van der Waals surface area (Å²) in [5.41, 5.74) is -0.510. The molecule has 0 saturated carbocycles.